The molecule has 1 atom stereocenters. The molecule has 3 aromatic rings. The summed E-state index contributed by atoms with van der Waals surface area (Å²) in [6, 6.07) is 11.8. The molecule has 1 aromatic carbocycles. The molecule has 0 bridgehead atoms. The molecule has 23 heavy (non-hydrogen) atoms. The van der Waals surface area contributed by atoms with Gasteiger partial charge in [-0.2, -0.15) is 0 Å². The largest absolute Gasteiger partial charge is 0.361 e. The maximum Gasteiger partial charge on any atom is 0.224 e. The summed E-state index contributed by atoms with van der Waals surface area (Å²) in [5, 5.41) is 5.42. The van der Waals surface area contributed by atoms with E-state index in [9.17, 15) is 4.79 Å². The molecule has 0 spiro atoms. The van der Waals surface area contributed by atoms with E-state index in [0.29, 0.717) is 6.42 Å². The van der Waals surface area contributed by atoms with Crippen LogP contribution in [0.3, 0.4) is 0 Å². The normalized spacial score (nSPS) is 12.1. The lowest BCUT2D eigenvalue weighted by atomic mass is 10.0. The Hall–Kier alpha value is -2.47. The van der Waals surface area contributed by atoms with Gasteiger partial charge in [-0.3, -0.25) is 4.79 Å². The van der Waals surface area contributed by atoms with Gasteiger partial charge in [-0.05, 0) is 17.0 Å². The third-order valence-corrected chi connectivity index (χ3v) is 4.54. The fourth-order valence-corrected chi connectivity index (χ4v) is 3.15. The lowest BCUT2D eigenvalue weighted by Gasteiger charge is -2.21. The van der Waals surface area contributed by atoms with Gasteiger partial charge in [0.05, 0.1) is 22.7 Å². The Balaban J connectivity index is 1.92. The zero-order valence-electron chi connectivity index (χ0n) is 13.1. The molecule has 118 valence electrons. The number of aromatic nitrogens is 2. The van der Waals surface area contributed by atoms with Crippen molar-refractivity contribution in [3.05, 3.63) is 53.7 Å². The standard InChI is InChI=1S/C17H18N4OS/c1-21(2)15(22)10-14(12-6-4-3-5-7-12)20-17-16-13(8-9-23-16)18-11-19-17/h3-9,11,14H,10H2,1-2H3,(H,18,19,20). The number of rotatable bonds is 5. The van der Waals surface area contributed by atoms with Gasteiger partial charge in [0.15, 0.2) is 0 Å². The Morgan fingerprint density at radius 2 is 2.00 bits per heavy atom. The van der Waals surface area contributed by atoms with Crippen LogP contribution in [0, 0.1) is 0 Å². The molecule has 2 heterocycles. The first kappa shape index (κ1) is 15.4. The van der Waals surface area contributed by atoms with Crippen LogP contribution in [0.15, 0.2) is 48.1 Å². The maximum atomic E-state index is 12.2. The molecular weight excluding hydrogens is 308 g/mol. The first-order chi connectivity index (χ1) is 11.1. The zero-order valence-corrected chi connectivity index (χ0v) is 13.9. The summed E-state index contributed by atoms with van der Waals surface area (Å²) in [6.07, 6.45) is 1.92. The third kappa shape index (κ3) is 3.48. The maximum absolute atomic E-state index is 12.2. The van der Waals surface area contributed by atoms with Gasteiger partial charge in [0, 0.05) is 14.1 Å². The van der Waals surface area contributed by atoms with Crippen LogP contribution in [0.5, 0.6) is 0 Å². The highest BCUT2D eigenvalue weighted by Crippen LogP contribution is 2.29. The highest BCUT2D eigenvalue weighted by Gasteiger charge is 2.19. The van der Waals surface area contributed by atoms with Crippen molar-refractivity contribution in [2.24, 2.45) is 0 Å². The van der Waals surface area contributed by atoms with Crippen LogP contribution in [-0.4, -0.2) is 34.9 Å². The first-order valence-corrected chi connectivity index (χ1v) is 8.23. The molecule has 0 fully saturated rings. The van der Waals surface area contributed by atoms with E-state index in [1.807, 2.05) is 41.8 Å². The van der Waals surface area contributed by atoms with Crippen molar-refractivity contribution in [2.75, 3.05) is 19.4 Å². The Bertz CT molecular complexity index is 800. The number of benzene rings is 1. The number of nitrogens with one attached hydrogen (secondary N) is 1. The molecule has 1 N–H and O–H groups in total. The summed E-state index contributed by atoms with van der Waals surface area (Å²) in [7, 11) is 3.54. The highest BCUT2D eigenvalue weighted by atomic mass is 32.1. The van der Waals surface area contributed by atoms with E-state index < -0.39 is 0 Å². The fourth-order valence-electron chi connectivity index (χ4n) is 2.35. The van der Waals surface area contributed by atoms with E-state index in [4.69, 9.17) is 0 Å². The SMILES string of the molecule is CN(C)C(=O)CC(Nc1ncnc2ccsc12)c1ccccc1. The Kier molecular flexibility index (Phi) is 4.52. The van der Waals surface area contributed by atoms with Gasteiger partial charge in [0.1, 0.15) is 12.1 Å². The van der Waals surface area contributed by atoms with Crippen LogP contribution in [-0.2, 0) is 4.79 Å². The van der Waals surface area contributed by atoms with Crippen LogP contribution in [0.4, 0.5) is 5.82 Å². The van der Waals surface area contributed by atoms with Crippen LogP contribution >= 0.6 is 11.3 Å². The number of anilines is 1. The minimum Gasteiger partial charge on any atom is -0.361 e. The van der Waals surface area contributed by atoms with Crippen molar-refractivity contribution in [2.45, 2.75) is 12.5 Å². The third-order valence-electron chi connectivity index (χ3n) is 3.63. The van der Waals surface area contributed by atoms with E-state index in [1.165, 1.54) is 0 Å². The molecule has 1 unspecified atom stereocenters. The lowest BCUT2D eigenvalue weighted by molar-refractivity contribution is -0.128. The molecule has 0 aliphatic carbocycles. The van der Waals surface area contributed by atoms with Gasteiger partial charge in [0.2, 0.25) is 5.91 Å². The number of hydrogen-bond donors (Lipinski definition) is 1. The smallest absolute Gasteiger partial charge is 0.224 e. The molecule has 0 radical (unpaired) electrons. The van der Waals surface area contributed by atoms with Crippen molar-refractivity contribution in [1.29, 1.82) is 0 Å². The summed E-state index contributed by atoms with van der Waals surface area (Å²) in [4.78, 5) is 22.4. The van der Waals surface area contributed by atoms with Crippen molar-refractivity contribution >= 4 is 33.3 Å². The van der Waals surface area contributed by atoms with Crippen molar-refractivity contribution in [3.8, 4) is 0 Å². The van der Waals surface area contributed by atoms with E-state index in [0.717, 1.165) is 21.6 Å². The van der Waals surface area contributed by atoms with Gasteiger partial charge in [-0.1, -0.05) is 30.3 Å². The monoisotopic (exact) mass is 326 g/mol. The lowest BCUT2D eigenvalue weighted by Crippen LogP contribution is -2.26. The zero-order chi connectivity index (χ0) is 16.2. The summed E-state index contributed by atoms with van der Waals surface area (Å²) in [5.74, 6) is 0.841. The predicted molar refractivity (Wildman–Crippen MR) is 93.5 cm³/mol. The van der Waals surface area contributed by atoms with E-state index in [1.54, 1.807) is 36.7 Å². The van der Waals surface area contributed by atoms with Crippen LogP contribution in [0.25, 0.3) is 10.2 Å². The fraction of sp³-hybridized carbons (Fsp3) is 0.235. The van der Waals surface area contributed by atoms with Crippen molar-refractivity contribution < 1.29 is 4.79 Å². The van der Waals surface area contributed by atoms with Crippen molar-refractivity contribution in [1.82, 2.24) is 14.9 Å². The molecule has 0 aliphatic rings. The molecule has 6 heteroatoms. The predicted octanol–water partition coefficient (Wildman–Crippen LogP) is 3.32. The number of thiophene rings is 1. The number of carbonyl (C=O) groups excluding carboxylic acids is 1. The number of fused-ring (bicyclic) bond motifs is 1. The van der Waals surface area contributed by atoms with Gasteiger partial charge >= 0.3 is 0 Å². The minimum absolute atomic E-state index is 0.0721. The summed E-state index contributed by atoms with van der Waals surface area (Å²) < 4.78 is 1.01. The van der Waals surface area contributed by atoms with E-state index in [2.05, 4.69) is 15.3 Å². The van der Waals surface area contributed by atoms with Gasteiger partial charge in [0.25, 0.3) is 0 Å². The van der Waals surface area contributed by atoms with Crippen LogP contribution in [0.1, 0.15) is 18.0 Å². The molecule has 1 amide bonds. The quantitative estimate of drug-likeness (QED) is 0.781. The highest BCUT2D eigenvalue weighted by molar-refractivity contribution is 7.17. The molecule has 5 nitrogen and oxygen atoms in total. The molecular formula is C17H18N4OS. The first-order valence-electron chi connectivity index (χ1n) is 7.35. The number of carbonyl (C=O) groups is 1. The van der Waals surface area contributed by atoms with E-state index in [-0.39, 0.29) is 11.9 Å². The topological polar surface area (TPSA) is 58.1 Å². The summed E-state index contributed by atoms with van der Waals surface area (Å²) in [6.45, 7) is 0. The molecule has 0 saturated heterocycles. The van der Waals surface area contributed by atoms with Gasteiger partial charge in [-0.25, -0.2) is 9.97 Å². The number of hydrogen-bond acceptors (Lipinski definition) is 5. The molecule has 0 saturated carbocycles. The van der Waals surface area contributed by atoms with Gasteiger partial charge in [-0.15, -0.1) is 11.3 Å². The minimum atomic E-state index is -0.133. The number of amides is 1. The molecule has 0 aliphatic heterocycles. The second-order valence-electron chi connectivity index (χ2n) is 5.46. The van der Waals surface area contributed by atoms with Gasteiger partial charge < -0.3 is 10.2 Å². The van der Waals surface area contributed by atoms with Crippen LogP contribution < -0.4 is 5.32 Å². The summed E-state index contributed by atoms with van der Waals surface area (Å²) >= 11 is 1.59. The molecule has 3 rings (SSSR count). The van der Waals surface area contributed by atoms with E-state index >= 15 is 0 Å². The van der Waals surface area contributed by atoms with Crippen LogP contribution in [0.2, 0.25) is 0 Å². The summed E-state index contributed by atoms with van der Waals surface area (Å²) in [5.41, 5.74) is 1.98. The Labute approximate surface area is 139 Å². The average Bonchev–Trinajstić information content (AvgIpc) is 3.04. The second kappa shape index (κ2) is 6.75. The average molecular weight is 326 g/mol. The molecule has 2 aromatic heterocycles. The van der Waals surface area contributed by atoms with Crippen molar-refractivity contribution in [3.63, 3.8) is 0 Å². The second-order valence-corrected chi connectivity index (χ2v) is 6.37. The Morgan fingerprint density at radius 3 is 2.74 bits per heavy atom. The Morgan fingerprint density at radius 1 is 1.22 bits per heavy atom. The number of nitrogens with zero attached hydrogens (tertiary/aromatic N) is 3.